The predicted molar refractivity (Wildman–Crippen MR) is 134 cm³/mol. The number of nitrogens with zero attached hydrogens (tertiary/aromatic N) is 1. The number of thiocarbonyl (C=S) groups is 1. The first-order valence-electron chi connectivity index (χ1n) is 9.81. The molecule has 0 atom stereocenters. The first-order chi connectivity index (χ1) is 15.8. The molecule has 1 aliphatic heterocycles. The van der Waals surface area contributed by atoms with Gasteiger partial charge in [-0.2, -0.15) is 8.42 Å². The first-order valence-corrected chi connectivity index (χ1v) is 12.4. The van der Waals surface area contributed by atoms with Crippen LogP contribution in [0.4, 0.5) is 5.69 Å². The molecule has 1 aliphatic rings. The molecule has 9 heteroatoms. The average molecular weight is 498 g/mol. The zero-order valence-corrected chi connectivity index (χ0v) is 20.2. The minimum absolute atomic E-state index is 0.0452. The molecule has 0 spiro atoms. The number of ether oxygens (including phenoxy) is 1. The summed E-state index contributed by atoms with van der Waals surface area (Å²) in [5.41, 5.74) is 2.28. The average Bonchev–Trinajstić information content (AvgIpc) is 3.08. The van der Waals surface area contributed by atoms with Gasteiger partial charge in [0, 0.05) is 0 Å². The van der Waals surface area contributed by atoms with Crippen LogP contribution in [0.15, 0.2) is 82.6 Å². The van der Waals surface area contributed by atoms with Crippen LogP contribution in [0.5, 0.6) is 11.5 Å². The summed E-state index contributed by atoms with van der Waals surface area (Å²) in [4.78, 5) is 14.9. The van der Waals surface area contributed by atoms with Crippen molar-refractivity contribution >= 4 is 56.1 Å². The summed E-state index contributed by atoms with van der Waals surface area (Å²) in [7, 11) is -2.61. The SMILES string of the molecule is COc1cc(C=C2SC(=S)N(c3ccccc3)C2=O)ccc1OS(=O)(=O)c1ccc(C)cc1. The maximum atomic E-state index is 12.9. The lowest BCUT2D eigenvalue weighted by Gasteiger charge is -2.14. The van der Waals surface area contributed by atoms with Crippen molar-refractivity contribution in [2.45, 2.75) is 11.8 Å². The molecule has 1 fully saturated rings. The zero-order chi connectivity index (χ0) is 23.6. The summed E-state index contributed by atoms with van der Waals surface area (Å²) in [5, 5.41) is 0. The summed E-state index contributed by atoms with van der Waals surface area (Å²) in [5.74, 6) is 0.0440. The molecule has 0 bridgehead atoms. The van der Waals surface area contributed by atoms with Gasteiger partial charge in [0.15, 0.2) is 15.8 Å². The molecule has 6 nitrogen and oxygen atoms in total. The Morgan fingerprint density at radius 3 is 2.33 bits per heavy atom. The van der Waals surface area contributed by atoms with Gasteiger partial charge in [-0.3, -0.25) is 9.69 Å². The Morgan fingerprint density at radius 1 is 0.970 bits per heavy atom. The van der Waals surface area contributed by atoms with E-state index in [1.54, 1.807) is 30.3 Å². The van der Waals surface area contributed by atoms with Gasteiger partial charge < -0.3 is 8.92 Å². The molecule has 0 radical (unpaired) electrons. The number of hydrogen-bond donors (Lipinski definition) is 0. The minimum Gasteiger partial charge on any atom is -0.493 e. The quantitative estimate of drug-likeness (QED) is 0.264. The van der Waals surface area contributed by atoms with E-state index in [0.29, 0.717) is 20.5 Å². The third-order valence-corrected chi connectivity index (χ3v) is 7.35. The number of rotatable bonds is 6. The van der Waals surface area contributed by atoms with Gasteiger partial charge in [0.1, 0.15) is 4.90 Å². The van der Waals surface area contributed by atoms with Crippen molar-refractivity contribution in [1.82, 2.24) is 0 Å². The second-order valence-corrected chi connectivity index (χ2v) is 10.3. The van der Waals surface area contributed by atoms with Crippen LogP contribution in [0.1, 0.15) is 11.1 Å². The van der Waals surface area contributed by atoms with E-state index in [4.69, 9.17) is 21.1 Å². The molecule has 4 rings (SSSR count). The number of aryl methyl sites for hydroxylation is 1. The van der Waals surface area contributed by atoms with Crippen molar-refractivity contribution < 1.29 is 22.1 Å². The van der Waals surface area contributed by atoms with Crippen molar-refractivity contribution in [1.29, 1.82) is 0 Å². The molecule has 3 aromatic rings. The van der Waals surface area contributed by atoms with Crippen molar-refractivity contribution in [3.05, 3.63) is 88.8 Å². The smallest absolute Gasteiger partial charge is 0.339 e. The number of carbonyl (C=O) groups is 1. The van der Waals surface area contributed by atoms with E-state index in [2.05, 4.69) is 0 Å². The number of methoxy groups -OCH3 is 1. The topological polar surface area (TPSA) is 72.9 Å². The fourth-order valence-electron chi connectivity index (χ4n) is 3.13. The number of hydrogen-bond acceptors (Lipinski definition) is 7. The summed E-state index contributed by atoms with van der Waals surface area (Å²) < 4.78 is 36.4. The first kappa shape index (κ1) is 23.0. The molecule has 0 aromatic heterocycles. The van der Waals surface area contributed by atoms with E-state index in [0.717, 1.165) is 5.56 Å². The highest BCUT2D eigenvalue weighted by molar-refractivity contribution is 8.27. The van der Waals surface area contributed by atoms with Crippen LogP contribution < -0.4 is 13.8 Å². The molecule has 1 amide bonds. The fourth-order valence-corrected chi connectivity index (χ4v) is 5.37. The maximum absolute atomic E-state index is 12.9. The predicted octanol–water partition coefficient (Wildman–Crippen LogP) is 5.18. The number of amides is 1. The summed E-state index contributed by atoms with van der Waals surface area (Å²) in [6.45, 7) is 1.87. The van der Waals surface area contributed by atoms with Crippen LogP contribution >= 0.6 is 24.0 Å². The molecule has 0 unspecified atom stereocenters. The molecular weight excluding hydrogens is 478 g/mol. The Balaban J connectivity index is 1.59. The van der Waals surface area contributed by atoms with Gasteiger partial charge in [0.25, 0.3) is 5.91 Å². The second kappa shape index (κ2) is 9.38. The monoisotopic (exact) mass is 497 g/mol. The second-order valence-electron chi connectivity index (χ2n) is 7.11. The number of thioether (sulfide) groups is 1. The minimum atomic E-state index is -4.03. The molecule has 0 N–H and O–H groups in total. The Morgan fingerprint density at radius 2 is 1.67 bits per heavy atom. The molecule has 3 aromatic carbocycles. The van der Waals surface area contributed by atoms with Gasteiger partial charge in [-0.1, -0.05) is 65.9 Å². The third-order valence-electron chi connectivity index (χ3n) is 4.80. The van der Waals surface area contributed by atoms with Gasteiger partial charge >= 0.3 is 10.1 Å². The Kier molecular flexibility index (Phi) is 6.55. The Hall–Kier alpha value is -3.14. The molecule has 33 heavy (non-hydrogen) atoms. The van der Waals surface area contributed by atoms with Crippen molar-refractivity contribution in [2.75, 3.05) is 12.0 Å². The summed E-state index contributed by atoms with van der Waals surface area (Å²) >= 11 is 6.59. The number of para-hydroxylation sites is 1. The van der Waals surface area contributed by atoms with Crippen LogP contribution in [0.25, 0.3) is 6.08 Å². The van der Waals surface area contributed by atoms with Gasteiger partial charge in [-0.15, -0.1) is 0 Å². The van der Waals surface area contributed by atoms with Crippen molar-refractivity contribution in [3.63, 3.8) is 0 Å². The van der Waals surface area contributed by atoms with E-state index in [1.807, 2.05) is 37.3 Å². The lowest BCUT2D eigenvalue weighted by molar-refractivity contribution is -0.113. The third kappa shape index (κ3) is 4.95. The maximum Gasteiger partial charge on any atom is 0.339 e. The number of benzene rings is 3. The fraction of sp³-hybridized carbons (Fsp3) is 0.0833. The zero-order valence-electron chi connectivity index (χ0n) is 17.7. The molecule has 1 heterocycles. The van der Waals surface area contributed by atoms with E-state index in [9.17, 15) is 13.2 Å². The molecule has 168 valence electrons. The molecule has 0 saturated carbocycles. The van der Waals surface area contributed by atoms with Crippen LogP contribution in [0, 0.1) is 6.92 Å². The highest BCUT2D eigenvalue weighted by Crippen LogP contribution is 2.37. The standard InChI is InChI=1S/C24H19NO5S3/c1-16-8-11-19(12-9-16)33(27,28)30-20-13-10-17(14-21(20)29-2)15-22-23(26)25(24(31)32-22)18-6-4-3-5-7-18/h3-15H,1-2H3. The number of carbonyl (C=O) groups excluding carboxylic acids is 1. The van der Waals surface area contributed by atoms with Crippen molar-refractivity contribution in [2.24, 2.45) is 0 Å². The molecular formula is C24H19NO5S3. The Labute approximate surface area is 202 Å². The Bertz CT molecular complexity index is 1350. The summed E-state index contributed by atoms with van der Waals surface area (Å²) in [6, 6.07) is 20.3. The lowest BCUT2D eigenvalue weighted by Crippen LogP contribution is -2.27. The normalized spacial score (nSPS) is 15.2. The van der Waals surface area contributed by atoms with Crippen LogP contribution in [-0.4, -0.2) is 25.8 Å². The van der Waals surface area contributed by atoms with E-state index in [1.165, 1.54) is 42.0 Å². The lowest BCUT2D eigenvalue weighted by atomic mass is 10.2. The van der Waals surface area contributed by atoms with E-state index in [-0.39, 0.29) is 22.3 Å². The van der Waals surface area contributed by atoms with E-state index < -0.39 is 10.1 Å². The highest BCUT2D eigenvalue weighted by atomic mass is 32.2. The van der Waals surface area contributed by atoms with Gasteiger partial charge in [-0.05, 0) is 55.0 Å². The summed E-state index contributed by atoms with van der Waals surface area (Å²) in [6.07, 6.45) is 1.68. The van der Waals surface area contributed by atoms with Crippen molar-refractivity contribution in [3.8, 4) is 11.5 Å². The van der Waals surface area contributed by atoms with Crippen LogP contribution in [-0.2, 0) is 14.9 Å². The van der Waals surface area contributed by atoms with Gasteiger partial charge in [-0.25, -0.2) is 0 Å². The van der Waals surface area contributed by atoms with Gasteiger partial charge in [0.2, 0.25) is 0 Å². The number of anilines is 1. The highest BCUT2D eigenvalue weighted by Gasteiger charge is 2.33. The van der Waals surface area contributed by atoms with Gasteiger partial charge in [0.05, 0.1) is 17.7 Å². The largest absolute Gasteiger partial charge is 0.493 e. The van der Waals surface area contributed by atoms with Crippen LogP contribution in [0.2, 0.25) is 0 Å². The molecule has 0 aliphatic carbocycles. The van der Waals surface area contributed by atoms with E-state index >= 15 is 0 Å². The van der Waals surface area contributed by atoms with Crippen LogP contribution in [0.3, 0.4) is 0 Å². The molecule has 1 saturated heterocycles.